The molecule has 8 nitrogen and oxygen atoms in total. The molecule has 0 aromatic heterocycles. The Labute approximate surface area is 151 Å². The number of hydrogen-bond donors (Lipinski definition) is 1. The Hall–Kier alpha value is -2.45. The van der Waals surface area contributed by atoms with Crippen LogP contribution in [0.25, 0.3) is 0 Å². The summed E-state index contributed by atoms with van der Waals surface area (Å²) in [5.41, 5.74) is 0.332. The molecule has 2 fully saturated rings. The molecular weight excluding hydrogens is 340 g/mol. The van der Waals surface area contributed by atoms with Gasteiger partial charge >= 0.3 is 11.9 Å². The molecule has 1 heterocycles. The first-order valence-corrected chi connectivity index (χ1v) is 8.37. The highest BCUT2D eigenvalue weighted by Crippen LogP contribution is 2.51. The van der Waals surface area contributed by atoms with Gasteiger partial charge in [-0.05, 0) is 25.0 Å². The lowest BCUT2D eigenvalue weighted by atomic mass is 9.81. The van der Waals surface area contributed by atoms with E-state index in [1.807, 2.05) is 0 Å². The Kier molecular flexibility index (Phi) is 4.72. The van der Waals surface area contributed by atoms with Crippen molar-refractivity contribution in [1.29, 1.82) is 0 Å². The number of nitrogens with one attached hydrogen (secondary N) is 1. The van der Waals surface area contributed by atoms with Crippen molar-refractivity contribution >= 4 is 17.8 Å². The Bertz CT molecular complexity index is 724. The average molecular weight is 362 g/mol. The molecule has 2 aliphatic rings. The van der Waals surface area contributed by atoms with Crippen LogP contribution >= 0.6 is 0 Å². The molecule has 0 unspecified atom stereocenters. The van der Waals surface area contributed by atoms with Crippen LogP contribution in [0.5, 0.6) is 0 Å². The normalized spacial score (nSPS) is 30.0. The van der Waals surface area contributed by atoms with E-state index in [0.29, 0.717) is 24.8 Å². The Morgan fingerprint density at radius 3 is 2.31 bits per heavy atom. The van der Waals surface area contributed by atoms with Crippen molar-refractivity contribution in [1.82, 2.24) is 10.4 Å². The van der Waals surface area contributed by atoms with Crippen molar-refractivity contribution in [2.45, 2.75) is 30.5 Å². The van der Waals surface area contributed by atoms with Gasteiger partial charge in [0.25, 0.3) is 11.6 Å². The molecule has 8 heteroatoms. The monoisotopic (exact) mass is 362 g/mol. The SMILES string of the molecule is COC(=O)[C@@]12CCC[C@@H]1[C@@](OC)(C(=O)OC)N(C(=O)c1ccccc1)N2. The number of methoxy groups -OCH3 is 3. The molecule has 1 amide bonds. The highest BCUT2D eigenvalue weighted by molar-refractivity contribution is 5.99. The van der Waals surface area contributed by atoms with Gasteiger partial charge in [-0.2, -0.15) is 0 Å². The fraction of sp³-hybridized carbons (Fsp3) is 0.500. The standard InChI is InChI=1S/C18H22N2O6/c1-24-15(22)17-11-7-10-13(17)18(26-3,16(23)25-2)20(19-17)14(21)12-8-5-4-6-9-12/h4-6,8-9,13,19H,7,10-11H2,1-3H3/t13-,17+,18+/m0/s1. The van der Waals surface area contributed by atoms with Gasteiger partial charge in [0.05, 0.1) is 20.1 Å². The number of benzene rings is 1. The largest absolute Gasteiger partial charge is 0.468 e. The zero-order chi connectivity index (χ0) is 18.9. The molecule has 0 bridgehead atoms. The van der Waals surface area contributed by atoms with E-state index in [-0.39, 0.29) is 0 Å². The first-order valence-electron chi connectivity index (χ1n) is 8.37. The van der Waals surface area contributed by atoms with E-state index in [2.05, 4.69) is 5.43 Å². The molecular formula is C18H22N2O6. The lowest BCUT2D eigenvalue weighted by Gasteiger charge is -2.36. The fourth-order valence-electron chi connectivity index (χ4n) is 4.19. The molecule has 1 aliphatic heterocycles. The second-order valence-electron chi connectivity index (χ2n) is 6.42. The third kappa shape index (κ3) is 2.33. The quantitative estimate of drug-likeness (QED) is 0.795. The van der Waals surface area contributed by atoms with Crippen LogP contribution in [-0.2, 0) is 23.8 Å². The van der Waals surface area contributed by atoms with Crippen LogP contribution in [0.1, 0.15) is 29.6 Å². The predicted octanol–water partition coefficient (Wildman–Crippen LogP) is 0.875. The van der Waals surface area contributed by atoms with Crippen LogP contribution < -0.4 is 5.43 Å². The molecule has 1 saturated heterocycles. The summed E-state index contributed by atoms with van der Waals surface area (Å²) in [7, 11) is 3.83. The molecule has 1 N–H and O–H groups in total. The lowest BCUT2D eigenvalue weighted by Crippen LogP contribution is -2.60. The molecule has 0 spiro atoms. The van der Waals surface area contributed by atoms with Gasteiger partial charge in [0.1, 0.15) is 5.54 Å². The van der Waals surface area contributed by atoms with Crippen LogP contribution in [0.4, 0.5) is 0 Å². The van der Waals surface area contributed by atoms with Gasteiger partial charge in [-0.1, -0.05) is 24.6 Å². The summed E-state index contributed by atoms with van der Waals surface area (Å²) in [6.45, 7) is 0. The van der Waals surface area contributed by atoms with Crippen molar-refractivity contribution < 1.29 is 28.6 Å². The Morgan fingerprint density at radius 1 is 1.08 bits per heavy atom. The highest BCUT2D eigenvalue weighted by Gasteiger charge is 2.72. The number of fused-ring (bicyclic) bond motifs is 1. The van der Waals surface area contributed by atoms with Crippen LogP contribution in [0.2, 0.25) is 0 Å². The molecule has 1 aromatic carbocycles. The van der Waals surface area contributed by atoms with Gasteiger partial charge in [0, 0.05) is 12.7 Å². The molecule has 1 saturated carbocycles. The zero-order valence-corrected chi connectivity index (χ0v) is 15.0. The molecule has 3 rings (SSSR count). The van der Waals surface area contributed by atoms with Crippen LogP contribution in [0.15, 0.2) is 30.3 Å². The number of amides is 1. The number of rotatable bonds is 4. The lowest BCUT2D eigenvalue weighted by molar-refractivity contribution is -0.193. The van der Waals surface area contributed by atoms with E-state index in [9.17, 15) is 14.4 Å². The summed E-state index contributed by atoms with van der Waals surface area (Å²) >= 11 is 0. The van der Waals surface area contributed by atoms with Crippen molar-refractivity contribution in [2.75, 3.05) is 21.3 Å². The Morgan fingerprint density at radius 2 is 1.73 bits per heavy atom. The smallest absolute Gasteiger partial charge is 0.361 e. The second kappa shape index (κ2) is 6.69. The maximum atomic E-state index is 13.1. The summed E-state index contributed by atoms with van der Waals surface area (Å²) in [4.78, 5) is 38.5. The number of nitrogens with zero attached hydrogens (tertiary/aromatic N) is 1. The van der Waals surface area contributed by atoms with Gasteiger partial charge in [-0.3, -0.25) is 4.79 Å². The van der Waals surface area contributed by atoms with Crippen LogP contribution in [-0.4, -0.2) is 55.4 Å². The number of hydrazine groups is 1. The van der Waals surface area contributed by atoms with Crippen LogP contribution in [0.3, 0.4) is 0 Å². The first-order chi connectivity index (χ1) is 12.5. The van der Waals surface area contributed by atoms with Gasteiger partial charge < -0.3 is 14.2 Å². The van der Waals surface area contributed by atoms with E-state index in [0.717, 1.165) is 5.01 Å². The molecule has 26 heavy (non-hydrogen) atoms. The summed E-state index contributed by atoms with van der Waals surface area (Å²) in [6, 6.07) is 8.46. The summed E-state index contributed by atoms with van der Waals surface area (Å²) in [5.74, 6) is -2.40. The fourth-order valence-corrected chi connectivity index (χ4v) is 4.19. The van der Waals surface area contributed by atoms with Gasteiger partial charge in [-0.25, -0.2) is 20.0 Å². The van der Waals surface area contributed by atoms with Gasteiger partial charge in [-0.15, -0.1) is 0 Å². The summed E-state index contributed by atoms with van der Waals surface area (Å²) in [6.07, 6.45) is 1.61. The Balaban J connectivity index is 2.14. The summed E-state index contributed by atoms with van der Waals surface area (Å²) < 4.78 is 15.5. The minimum atomic E-state index is -1.76. The van der Waals surface area contributed by atoms with E-state index < -0.39 is 35.0 Å². The van der Waals surface area contributed by atoms with Crippen molar-refractivity contribution in [3.05, 3.63) is 35.9 Å². The maximum absolute atomic E-state index is 13.1. The number of carbonyl (C=O) groups excluding carboxylic acids is 3. The van der Waals surface area contributed by atoms with Gasteiger partial charge in [0.2, 0.25) is 0 Å². The number of ether oxygens (including phenoxy) is 3. The van der Waals surface area contributed by atoms with Gasteiger partial charge in [0.15, 0.2) is 0 Å². The first kappa shape index (κ1) is 18.3. The van der Waals surface area contributed by atoms with E-state index in [4.69, 9.17) is 14.2 Å². The molecule has 140 valence electrons. The van der Waals surface area contributed by atoms with E-state index in [1.54, 1.807) is 30.3 Å². The maximum Gasteiger partial charge on any atom is 0.361 e. The topological polar surface area (TPSA) is 94.2 Å². The zero-order valence-electron chi connectivity index (χ0n) is 15.0. The highest BCUT2D eigenvalue weighted by atomic mass is 16.6. The average Bonchev–Trinajstić information content (AvgIpc) is 3.23. The van der Waals surface area contributed by atoms with Crippen molar-refractivity contribution in [3.8, 4) is 0 Å². The van der Waals surface area contributed by atoms with Crippen molar-refractivity contribution in [2.24, 2.45) is 5.92 Å². The molecule has 1 aliphatic carbocycles. The molecule has 1 aromatic rings. The number of hydrogen-bond acceptors (Lipinski definition) is 7. The second-order valence-corrected chi connectivity index (χ2v) is 6.42. The van der Waals surface area contributed by atoms with E-state index >= 15 is 0 Å². The predicted molar refractivity (Wildman–Crippen MR) is 89.6 cm³/mol. The minimum absolute atomic E-state index is 0.352. The third-order valence-corrected chi connectivity index (χ3v) is 5.34. The third-order valence-electron chi connectivity index (χ3n) is 5.34. The minimum Gasteiger partial charge on any atom is -0.468 e. The van der Waals surface area contributed by atoms with Crippen LogP contribution in [0, 0.1) is 5.92 Å². The summed E-state index contributed by atoms with van der Waals surface area (Å²) in [5, 5.41) is 1.09. The molecule has 0 radical (unpaired) electrons. The number of esters is 2. The number of carbonyl (C=O) groups is 3. The molecule has 3 atom stereocenters. The van der Waals surface area contributed by atoms with Crippen molar-refractivity contribution in [3.63, 3.8) is 0 Å². The van der Waals surface area contributed by atoms with E-state index in [1.165, 1.54) is 21.3 Å².